The van der Waals surface area contributed by atoms with Crippen LogP contribution in [0.5, 0.6) is 11.5 Å². The van der Waals surface area contributed by atoms with Crippen molar-refractivity contribution in [2.24, 2.45) is 0 Å². The second-order valence-corrected chi connectivity index (χ2v) is 7.24. The number of rotatable bonds is 5. The molecule has 0 spiro atoms. The lowest BCUT2D eigenvalue weighted by Crippen LogP contribution is -2.11. The number of hydrogen-bond acceptors (Lipinski definition) is 4. The van der Waals surface area contributed by atoms with Gasteiger partial charge in [0.05, 0.1) is 27.9 Å². The Hall–Kier alpha value is -3.39. The molecule has 0 N–H and O–H groups in total. The van der Waals surface area contributed by atoms with Crippen LogP contribution in [-0.2, 0) is 0 Å². The van der Waals surface area contributed by atoms with Gasteiger partial charge in [-0.1, -0.05) is 48.5 Å². The largest absolute Gasteiger partial charge is 0.881 e. The highest BCUT2D eigenvalue weighted by Crippen LogP contribution is 2.30. The van der Waals surface area contributed by atoms with Crippen LogP contribution in [0.2, 0.25) is 0 Å². The minimum Gasteiger partial charge on any atom is -0.616 e. The summed E-state index contributed by atoms with van der Waals surface area (Å²) < 4.78 is 11.9. The molecule has 0 saturated heterocycles. The molecular formula is C24H16AlN2O2. The van der Waals surface area contributed by atoms with Gasteiger partial charge in [-0.2, -0.15) is 0 Å². The number of aromatic nitrogens is 2. The average Bonchev–Trinajstić information content (AvgIpc) is 2.80. The third-order valence-electron chi connectivity index (χ3n) is 4.74. The van der Waals surface area contributed by atoms with E-state index < -0.39 is 15.9 Å². The number of hydrogen-bond donors (Lipinski definition) is 0. The molecule has 0 aliphatic heterocycles. The van der Waals surface area contributed by atoms with E-state index in [4.69, 9.17) is 7.58 Å². The molecular weight excluding hydrogens is 375 g/mol. The van der Waals surface area contributed by atoms with Crippen LogP contribution in [0.4, 0.5) is 0 Å². The van der Waals surface area contributed by atoms with E-state index in [1.807, 2.05) is 66.9 Å². The second kappa shape index (κ2) is 7.92. The Morgan fingerprint density at radius 1 is 0.655 bits per heavy atom. The molecule has 5 aromatic rings. The van der Waals surface area contributed by atoms with Crippen LogP contribution >= 0.6 is 0 Å². The smallest absolute Gasteiger partial charge is 0.616 e. The van der Waals surface area contributed by atoms with Gasteiger partial charge in [0.1, 0.15) is 0 Å². The van der Waals surface area contributed by atoms with Gasteiger partial charge in [0.2, 0.25) is 0 Å². The fourth-order valence-electron chi connectivity index (χ4n) is 3.32. The Morgan fingerprint density at radius 2 is 1.48 bits per heavy atom. The summed E-state index contributed by atoms with van der Waals surface area (Å²) in [7, 11) is 0. The molecule has 0 atom stereocenters. The fourth-order valence-corrected chi connectivity index (χ4v) is 3.94. The van der Waals surface area contributed by atoms with Crippen LogP contribution in [0.25, 0.3) is 32.9 Å². The minimum absolute atomic E-state index is 0.721. The summed E-state index contributed by atoms with van der Waals surface area (Å²) in [4.78, 5) is 9.05. The lowest BCUT2D eigenvalue weighted by Gasteiger charge is -2.12. The molecule has 0 saturated carbocycles. The van der Waals surface area contributed by atoms with Crippen LogP contribution in [0.3, 0.4) is 0 Å². The number of fused-ring (bicyclic) bond motifs is 3. The summed E-state index contributed by atoms with van der Waals surface area (Å²) in [5.41, 5.74) is 4.09. The molecule has 137 valence electrons. The molecule has 0 fully saturated rings. The molecule has 0 amide bonds. The Kier molecular flexibility index (Phi) is 4.84. The van der Waals surface area contributed by atoms with E-state index >= 15 is 0 Å². The van der Waals surface area contributed by atoms with Gasteiger partial charge >= 0.3 is 15.9 Å². The third-order valence-corrected chi connectivity index (χ3v) is 5.46. The van der Waals surface area contributed by atoms with Crippen LogP contribution < -0.4 is 7.58 Å². The van der Waals surface area contributed by atoms with Gasteiger partial charge in [-0.15, -0.1) is 0 Å². The van der Waals surface area contributed by atoms with Crippen molar-refractivity contribution in [3.05, 3.63) is 97.3 Å². The number of benzene rings is 3. The zero-order valence-electron chi connectivity index (χ0n) is 15.5. The zero-order chi connectivity index (χ0) is 19.5. The van der Waals surface area contributed by atoms with E-state index in [2.05, 4.69) is 34.2 Å². The van der Waals surface area contributed by atoms with Crippen molar-refractivity contribution in [1.29, 1.82) is 0 Å². The first-order valence-corrected chi connectivity index (χ1v) is 10.3. The third kappa shape index (κ3) is 3.66. The molecule has 0 aliphatic rings. The predicted molar refractivity (Wildman–Crippen MR) is 116 cm³/mol. The monoisotopic (exact) mass is 391 g/mol. The quantitative estimate of drug-likeness (QED) is 0.296. The van der Waals surface area contributed by atoms with Gasteiger partial charge < -0.3 is 7.58 Å². The van der Waals surface area contributed by atoms with E-state index in [-0.39, 0.29) is 0 Å². The molecule has 0 bridgehead atoms. The van der Waals surface area contributed by atoms with Gasteiger partial charge in [-0.05, 0) is 47.5 Å². The van der Waals surface area contributed by atoms with Gasteiger partial charge in [0.15, 0.2) is 0 Å². The molecule has 0 aliphatic carbocycles. The Morgan fingerprint density at radius 3 is 2.34 bits per heavy atom. The average molecular weight is 391 g/mol. The van der Waals surface area contributed by atoms with Gasteiger partial charge in [-0.3, -0.25) is 9.97 Å². The summed E-state index contributed by atoms with van der Waals surface area (Å²) in [5.74, 6) is 1.54. The topological polar surface area (TPSA) is 44.2 Å². The van der Waals surface area contributed by atoms with Crippen molar-refractivity contribution in [2.45, 2.75) is 0 Å². The Bertz CT molecular complexity index is 1270. The SMILES string of the molecule is c1ccc(-c2ccc([O][Al][O]c3cccc4ncc5cccnc5c34)cc2)cc1. The van der Waals surface area contributed by atoms with Gasteiger partial charge in [0.25, 0.3) is 0 Å². The van der Waals surface area contributed by atoms with Crippen molar-refractivity contribution < 1.29 is 7.58 Å². The van der Waals surface area contributed by atoms with E-state index in [0.717, 1.165) is 38.9 Å². The van der Waals surface area contributed by atoms with Gasteiger partial charge in [-0.25, -0.2) is 0 Å². The molecule has 29 heavy (non-hydrogen) atoms. The maximum absolute atomic E-state index is 6.03. The van der Waals surface area contributed by atoms with Crippen LogP contribution in [-0.4, -0.2) is 25.9 Å². The molecule has 2 heterocycles. The molecule has 5 heteroatoms. The normalized spacial score (nSPS) is 10.8. The summed E-state index contributed by atoms with van der Waals surface area (Å²) >= 11 is -0.721. The number of nitrogens with zero attached hydrogens (tertiary/aromatic N) is 2. The van der Waals surface area contributed by atoms with E-state index in [9.17, 15) is 0 Å². The van der Waals surface area contributed by atoms with Crippen molar-refractivity contribution in [3.8, 4) is 22.6 Å². The summed E-state index contributed by atoms with van der Waals surface area (Å²) in [6, 6.07) is 28.1. The van der Waals surface area contributed by atoms with Crippen molar-refractivity contribution in [1.82, 2.24) is 9.97 Å². The summed E-state index contributed by atoms with van der Waals surface area (Å²) in [6.07, 6.45) is 3.63. The van der Waals surface area contributed by atoms with Crippen molar-refractivity contribution in [2.75, 3.05) is 0 Å². The lowest BCUT2D eigenvalue weighted by atomic mass is 10.1. The summed E-state index contributed by atoms with van der Waals surface area (Å²) in [6.45, 7) is 0. The molecule has 5 rings (SSSR count). The standard InChI is InChI=1S/C12H8N2O.C12H10O.Al/c15-10-5-1-4-9-11(10)12-8(7-14-9)3-2-6-13-12;13-12-8-6-11(7-9-12)10-4-2-1-3-5-10;/h1-7,15H;1-9,13H;/q;;+2/p-2. The Labute approximate surface area is 175 Å². The second-order valence-electron chi connectivity index (χ2n) is 6.57. The minimum atomic E-state index is -0.721. The van der Waals surface area contributed by atoms with Crippen molar-refractivity contribution >= 4 is 37.7 Å². The molecule has 2 aromatic heterocycles. The molecule has 1 radical (unpaired) electrons. The van der Waals surface area contributed by atoms with Crippen LogP contribution in [0.1, 0.15) is 0 Å². The van der Waals surface area contributed by atoms with Crippen LogP contribution in [0.15, 0.2) is 97.3 Å². The zero-order valence-corrected chi connectivity index (χ0v) is 16.7. The van der Waals surface area contributed by atoms with E-state index in [0.29, 0.717) is 0 Å². The molecule has 3 aromatic carbocycles. The van der Waals surface area contributed by atoms with Crippen molar-refractivity contribution in [3.63, 3.8) is 0 Å². The highest BCUT2D eigenvalue weighted by atomic mass is 27.2. The van der Waals surface area contributed by atoms with E-state index in [1.54, 1.807) is 6.20 Å². The maximum atomic E-state index is 6.03. The van der Waals surface area contributed by atoms with Crippen LogP contribution in [0, 0.1) is 0 Å². The fraction of sp³-hybridized carbons (Fsp3) is 0. The first-order valence-electron chi connectivity index (χ1n) is 9.31. The Balaban J connectivity index is 1.34. The predicted octanol–water partition coefficient (Wildman–Crippen LogP) is 5.44. The maximum Gasteiger partial charge on any atom is 0.881 e. The first kappa shape index (κ1) is 17.7. The van der Waals surface area contributed by atoms with E-state index in [1.165, 1.54) is 5.56 Å². The first-order chi connectivity index (χ1) is 14.4. The highest BCUT2D eigenvalue weighted by Gasteiger charge is 2.12. The lowest BCUT2D eigenvalue weighted by molar-refractivity contribution is 0.462. The summed E-state index contributed by atoms with van der Waals surface area (Å²) in [5, 5.41) is 1.91. The molecule has 4 nitrogen and oxygen atoms in total. The van der Waals surface area contributed by atoms with Gasteiger partial charge in [0, 0.05) is 17.8 Å². The molecule has 0 unspecified atom stereocenters. The number of pyridine rings is 2. The highest BCUT2D eigenvalue weighted by molar-refractivity contribution is 6.22.